The highest BCUT2D eigenvalue weighted by Crippen LogP contribution is 2.19. The molecule has 0 spiro atoms. The van der Waals surface area contributed by atoms with Gasteiger partial charge in [0.1, 0.15) is 11.9 Å². The molecular weight excluding hydrogens is 308 g/mol. The number of nitrogens with zero attached hydrogens (tertiary/aromatic N) is 3. The van der Waals surface area contributed by atoms with Crippen LogP contribution in [0.15, 0.2) is 35.4 Å². The van der Waals surface area contributed by atoms with Crippen molar-refractivity contribution in [2.45, 2.75) is 25.9 Å². The molecule has 3 heterocycles. The number of carbonyl (C=O) groups is 1. The van der Waals surface area contributed by atoms with E-state index >= 15 is 0 Å². The molecule has 2 aromatic heterocycles. The summed E-state index contributed by atoms with van der Waals surface area (Å²) in [5, 5.41) is 0. The lowest BCUT2D eigenvalue weighted by Crippen LogP contribution is -2.43. The van der Waals surface area contributed by atoms with E-state index in [0.717, 1.165) is 5.56 Å². The number of H-pyrrole nitrogens is 1. The molecule has 7 nitrogen and oxygen atoms in total. The van der Waals surface area contributed by atoms with E-state index < -0.39 is 6.10 Å². The lowest BCUT2D eigenvalue weighted by atomic mass is 10.1. The second-order valence-electron chi connectivity index (χ2n) is 5.83. The molecule has 0 aliphatic carbocycles. The maximum atomic E-state index is 12.4. The maximum Gasteiger partial charge on any atom is 0.251 e. The lowest BCUT2D eigenvalue weighted by molar-refractivity contribution is -0.139. The van der Waals surface area contributed by atoms with Crippen LogP contribution in [0.1, 0.15) is 29.6 Å². The highest BCUT2D eigenvalue weighted by atomic mass is 16.5. The molecule has 0 unspecified atom stereocenters. The number of carbonyl (C=O) groups excluding carboxylic acids is 1. The summed E-state index contributed by atoms with van der Waals surface area (Å²) in [4.78, 5) is 36.9. The smallest absolute Gasteiger partial charge is 0.251 e. The van der Waals surface area contributed by atoms with Crippen molar-refractivity contribution in [3.05, 3.63) is 58.0 Å². The zero-order valence-electron chi connectivity index (χ0n) is 13.6. The van der Waals surface area contributed by atoms with E-state index in [1.165, 1.54) is 6.07 Å². The molecule has 0 bridgehead atoms. The molecule has 24 heavy (non-hydrogen) atoms. The summed E-state index contributed by atoms with van der Waals surface area (Å²) < 4.78 is 5.68. The quantitative estimate of drug-likeness (QED) is 0.905. The predicted molar refractivity (Wildman–Crippen MR) is 87.4 cm³/mol. The average molecular weight is 328 g/mol. The SMILES string of the molecule is Cc1cc(=O)[nH]c([C@@H]2CN(C(=O)CCc3cccnc3)CCO2)n1. The Kier molecular flexibility index (Phi) is 5.00. The van der Waals surface area contributed by atoms with E-state index in [2.05, 4.69) is 15.0 Å². The highest BCUT2D eigenvalue weighted by Gasteiger charge is 2.26. The van der Waals surface area contributed by atoms with Crippen molar-refractivity contribution in [2.75, 3.05) is 19.7 Å². The summed E-state index contributed by atoms with van der Waals surface area (Å²) in [5.41, 5.74) is 1.47. The van der Waals surface area contributed by atoms with Crippen molar-refractivity contribution in [1.82, 2.24) is 19.9 Å². The fourth-order valence-corrected chi connectivity index (χ4v) is 2.75. The van der Waals surface area contributed by atoms with Crippen LogP contribution in [0, 0.1) is 6.92 Å². The Morgan fingerprint density at radius 3 is 3.12 bits per heavy atom. The molecule has 0 radical (unpaired) electrons. The van der Waals surface area contributed by atoms with Gasteiger partial charge in [0, 0.05) is 37.1 Å². The minimum Gasteiger partial charge on any atom is -0.367 e. The van der Waals surface area contributed by atoms with E-state index in [9.17, 15) is 9.59 Å². The average Bonchev–Trinajstić information content (AvgIpc) is 2.60. The van der Waals surface area contributed by atoms with E-state index in [1.54, 1.807) is 24.2 Å². The monoisotopic (exact) mass is 328 g/mol. The van der Waals surface area contributed by atoms with Crippen molar-refractivity contribution < 1.29 is 9.53 Å². The van der Waals surface area contributed by atoms with Crippen LogP contribution in [0.25, 0.3) is 0 Å². The maximum absolute atomic E-state index is 12.4. The zero-order valence-corrected chi connectivity index (χ0v) is 13.6. The molecule has 1 N–H and O–H groups in total. The topological polar surface area (TPSA) is 88.2 Å². The second kappa shape index (κ2) is 7.35. The number of aromatic amines is 1. The van der Waals surface area contributed by atoms with Gasteiger partial charge in [-0.15, -0.1) is 0 Å². The summed E-state index contributed by atoms with van der Waals surface area (Å²) in [6.45, 7) is 3.15. The van der Waals surface area contributed by atoms with Crippen LogP contribution in [0.3, 0.4) is 0 Å². The molecule has 1 aliphatic heterocycles. The highest BCUT2D eigenvalue weighted by molar-refractivity contribution is 5.76. The van der Waals surface area contributed by atoms with Crippen LogP contribution in [-0.2, 0) is 16.0 Å². The Morgan fingerprint density at radius 1 is 1.50 bits per heavy atom. The molecular formula is C17H20N4O3. The number of nitrogens with one attached hydrogen (secondary N) is 1. The zero-order chi connectivity index (χ0) is 16.9. The molecule has 1 aliphatic rings. The third-order valence-electron chi connectivity index (χ3n) is 3.96. The third-order valence-corrected chi connectivity index (χ3v) is 3.96. The van der Waals surface area contributed by atoms with E-state index in [-0.39, 0.29) is 11.5 Å². The first-order chi connectivity index (χ1) is 11.6. The first-order valence-electron chi connectivity index (χ1n) is 7.98. The number of hydrogen-bond donors (Lipinski definition) is 1. The van der Waals surface area contributed by atoms with Gasteiger partial charge in [-0.3, -0.25) is 14.6 Å². The Balaban J connectivity index is 1.62. The Bertz CT molecular complexity index is 760. The number of hydrogen-bond acceptors (Lipinski definition) is 5. The van der Waals surface area contributed by atoms with E-state index in [0.29, 0.717) is 44.1 Å². The van der Waals surface area contributed by atoms with Gasteiger partial charge in [0.15, 0.2) is 0 Å². The van der Waals surface area contributed by atoms with Gasteiger partial charge in [0.05, 0.1) is 13.2 Å². The largest absolute Gasteiger partial charge is 0.367 e. The summed E-state index contributed by atoms with van der Waals surface area (Å²) in [7, 11) is 0. The summed E-state index contributed by atoms with van der Waals surface area (Å²) >= 11 is 0. The van der Waals surface area contributed by atoms with Crippen LogP contribution in [0.4, 0.5) is 0 Å². The second-order valence-corrected chi connectivity index (χ2v) is 5.83. The Labute approximate surface area is 139 Å². The van der Waals surface area contributed by atoms with Crippen LogP contribution in [0.5, 0.6) is 0 Å². The number of ether oxygens (including phenoxy) is 1. The standard InChI is InChI=1S/C17H20N4O3/c1-12-9-15(22)20-17(19-12)14-11-21(7-8-24-14)16(23)5-4-13-3-2-6-18-10-13/h2-3,6,9-10,14H,4-5,7-8,11H2,1H3,(H,19,20,22)/t14-/m0/s1. The van der Waals surface area contributed by atoms with Gasteiger partial charge in [-0.2, -0.15) is 0 Å². The summed E-state index contributed by atoms with van der Waals surface area (Å²) in [6, 6.07) is 5.26. The van der Waals surface area contributed by atoms with Crippen molar-refractivity contribution >= 4 is 5.91 Å². The third kappa shape index (κ3) is 4.05. The van der Waals surface area contributed by atoms with Crippen molar-refractivity contribution in [2.24, 2.45) is 0 Å². The van der Waals surface area contributed by atoms with Gasteiger partial charge >= 0.3 is 0 Å². The van der Waals surface area contributed by atoms with Gasteiger partial charge in [-0.1, -0.05) is 6.07 Å². The molecule has 1 atom stereocenters. The summed E-state index contributed by atoms with van der Waals surface area (Å²) in [6.07, 6.45) is 4.18. The van der Waals surface area contributed by atoms with Crippen LogP contribution in [-0.4, -0.2) is 45.5 Å². The first-order valence-corrected chi connectivity index (χ1v) is 7.98. The van der Waals surface area contributed by atoms with Crippen LogP contribution >= 0.6 is 0 Å². The van der Waals surface area contributed by atoms with Gasteiger partial charge < -0.3 is 14.6 Å². The number of morpholine rings is 1. The molecule has 1 amide bonds. The van der Waals surface area contributed by atoms with Gasteiger partial charge in [0.25, 0.3) is 5.56 Å². The fourth-order valence-electron chi connectivity index (χ4n) is 2.75. The fraction of sp³-hybridized carbons (Fsp3) is 0.412. The van der Waals surface area contributed by atoms with Gasteiger partial charge in [0.2, 0.25) is 5.91 Å². The molecule has 3 rings (SSSR count). The Morgan fingerprint density at radius 2 is 2.38 bits per heavy atom. The molecule has 126 valence electrons. The Hall–Kier alpha value is -2.54. The number of rotatable bonds is 4. The number of aromatic nitrogens is 3. The normalized spacial score (nSPS) is 17.7. The number of aryl methyl sites for hydroxylation is 2. The predicted octanol–water partition coefficient (Wildman–Crippen LogP) is 1.01. The van der Waals surface area contributed by atoms with Gasteiger partial charge in [-0.05, 0) is 25.0 Å². The van der Waals surface area contributed by atoms with Crippen molar-refractivity contribution in [1.29, 1.82) is 0 Å². The molecule has 2 aromatic rings. The number of pyridine rings is 1. The first kappa shape index (κ1) is 16.3. The van der Waals surface area contributed by atoms with Crippen molar-refractivity contribution in [3.8, 4) is 0 Å². The van der Waals surface area contributed by atoms with Gasteiger partial charge in [-0.25, -0.2) is 4.98 Å². The molecule has 0 saturated carbocycles. The van der Waals surface area contributed by atoms with Crippen LogP contribution < -0.4 is 5.56 Å². The minimum atomic E-state index is -0.395. The minimum absolute atomic E-state index is 0.0714. The van der Waals surface area contributed by atoms with Crippen LogP contribution in [0.2, 0.25) is 0 Å². The summed E-state index contributed by atoms with van der Waals surface area (Å²) in [5.74, 6) is 0.548. The van der Waals surface area contributed by atoms with E-state index in [1.807, 2.05) is 12.1 Å². The molecule has 7 heteroatoms. The molecule has 0 aromatic carbocycles. The lowest BCUT2D eigenvalue weighted by Gasteiger charge is -2.32. The van der Waals surface area contributed by atoms with Crippen molar-refractivity contribution in [3.63, 3.8) is 0 Å². The van der Waals surface area contributed by atoms with E-state index in [4.69, 9.17) is 4.74 Å². The molecule has 1 fully saturated rings. The number of amides is 1. The molecule has 1 saturated heterocycles.